The maximum atomic E-state index is 13.4. The number of para-hydroxylation sites is 2. The average Bonchev–Trinajstić information content (AvgIpc) is 2.77. The Kier molecular flexibility index (Phi) is 5.65. The molecule has 0 radical (unpaired) electrons. The van der Waals surface area contributed by atoms with E-state index < -0.39 is 27.9 Å². The highest BCUT2D eigenvalue weighted by Crippen LogP contribution is 2.36. The Labute approximate surface area is 180 Å². The van der Waals surface area contributed by atoms with Crippen LogP contribution in [0.2, 0.25) is 0 Å². The van der Waals surface area contributed by atoms with Crippen LogP contribution >= 0.6 is 0 Å². The van der Waals surface area contributed by atoms with Gasteiger partial charge in [-0.25, -0.2) is 12.8 Å². The summed E-state index contributed by atoms with van der Waals surface area (Å²) in [6, 6.07) is 19.1. The van der Waals surface area contributed by atoms with Gasteiger partial charge in [0.2, 0.25) is 0 Å². The van der Waals surface area contributed by atoms with Crippen LogP contribution in [-0.2, 0) is 21.4 Å². The van der Waals surface area contributed by atoms with Gasteiger partial charge in [0.25, 0.3) is 15.9 Å². The Morgan fingerprint density at radius 2 is 1.84 bits per heavy atom. The molecule has 0 aliphatic carbocycles. The molecule has 6 nitrogen and oxygen atoms in total. The molecule has 1 aliphatic heterocycles. The summed E-state index contributed by atoms with van der Waals surface area (Å²) in [7, 11) is -3.91. The van der Waals surface area contributed by atoms with Gasteiger partial charge >= 0.3 is 0 Å². The molecule has 1 heterocycles. The van der Waals surface area contributed by atoms with E-state index in [1.54, 1.807) is 60.7 Å². The summed E-state index contributed by atoms with van der Waals surface area (Å²) < 4.78 is 47.0. The standard InChI is InChI=1S/C23H21FN2O4S/c1-16-9-11-19(12-10-16)31(28,29)26-15-22(30-21-8-3-2-7-20(21)26)23(27)25-14-17-5-4-6-18(24)13-17/h2-13,22H,14-15H2,1H3,(H,25,27). The number of aryl methyl sites for hydroxylation is 1. The van der Waals surface area contributed by atoms with Crippen LogP contribution in [0.25, 0.3) is 0 Å². The lowest BCUT2D eigenvalue weighted by Crippen LogP contribution is -2.50. The van der Waals surface area contributed by atoms with Gasteiger partial charge in [-0.2, -0.15) is 0 Å². The lowest BCUT2D eigenvalue weighted by atomic mass is 10.2. The molecule has 0 saturated heterocycles. The Bertz CT molecular complexity index is 1210. The van der Waals surface area contributed by atoms with Crippen molar-refractivity contribution in [2.45, 2.75) is 24.5 Å². The lowest BCUT2D eigenvalue weighted by molar-refractivity contribution is -0.127. The number of benzene rings is 3. The minimum absolute atomic E-state index is 0.100. The van der Waals surface area contributed by atoms with E-state index in [4.69, 9.17) is 4.74 Å². The number of amides is 1. The number of halogens is 1. The van der Waals surface area contributed by atoms with Gasteiger partial charge in [0.05, 0.1) is 17.1 Å². The monoisotopic (exact) mass is 440 g/mol. The van der Waals surface area contributed by atoms with Crippen molar-refractivity contribution < 1.29 is 22.3 Å². The van der Waals surface area contributed by atoms with Gasteiger partial charge in [-0.05, 0) is 48.9 Å². The first-order valence-electron chi connectivity index (χ1n) is 9.72. The normalized spacial score (nSPS) is 15.7. The smallest absolute Gasteiger partial charge is 0.264 e. The van der Waals surface area contributed by atoms with Crippen molar-refractivity contribution in [3.63, 3.8) is 0 Å². The highest BCUT2D eigenvalue weighted by Gasteiger charge is 2.37. The van der Waals surface area contributed by atoms with E-state index in [1.165, 1.54) is 16.4 Å². The van der Waals surface area contributed by atoms with Crippen molar-refractivity contribution >= 4 is 21.6 Å². The van der Waals surface area contributed by atoms with Crippen molar-refractivity contribution in [1.29, 1.82) is 0 Å². The van der Waals surface area contributed by atoms with Crippen LogP contribution in [0.5, 0.6) is 5.75 Å². The van der Waals surface area contributed by atoms with Crippen LogP contribution in [0.15, 0.2) is 77.7 Å². The van der Waals surface area contributed by atoms with Gasteiger partial charge in [-0.1, -0.05) is 42.0 Å². The lowest BCUT2D eigenvalue weighted by Gasteiger charge is -2.34. The summed E-state index contributed by atoms with van der Waals surface area (Å²) in [6.07, 6.45) is -1.05. The quantitative estimate of drug-likeness (QED) is 0.660. The molecule has 8 heteroatoms. The van der Waals surface area contributed by atoms with Crippen molar-refractivity contribution in [3.8, 4) is 5.75 Å². The Morgan fingerprint density at radius 3 is 2.58 bits per heavy atom. The molecule has 0 bridgehead atoms. The Morgan fingerprint density at radius 1 is 1.10 bits per heavy atom. The number of hydrogen-bond acceptors (Lipinski definition) is 4. The van der Waals surface area contributed by atoms with Gasteiger partial charge in [0, 0.05) is 6.54 Å². The molecule has 1 aliphatic rings. The number of fused-ring (bicyclic) bond motifs is 1. The molecule has 160 valence electrons. The largest absolute Gasteiger partial charge is 0.476 e. The highest BCUT2D eigenvalue weighted by atomic mass is 32.2. The SMILES string of the molecule is Cc1ccc(S(=O)(=O)N2CC(C(=O)NCc3cccc(F)c3)Oc3ccccc32)cc1. The maximum Gasteiger partial charge on any atom is 0.264 e. The highest BCUT2D eigenvalue weighted by molar-refractivity contribution is 7.92. The van der Waals surface area contributed by atoms with Gasteiger partial charge in [0.15, 0.2) is 6.10 Å². The van der Waals surface area contributed by atoms with E-state index in [0.29, 0.717) is 17.0 Å². The predicted molar refractivity (Wildman–Crippen MR) is 115 cm³/mol. The Balaban J connectivity index is 1.59. The van der Waals surface area contributed by atoms with Crippen LogP contribution in [0, 0.1) is 12.7 Å². The van der Waals surface area contributed by atoms with Crippen molar-refractivity contribution in [2.24, 2.45) is 0 Å². The number of nitrogens with one attached hydrogen (secondary N) is 1. The summed E-state index contributed by atoms with van der Waals surface area (Å²) in [5, 5.41) is 2.69. The second kappa shape index (κ2) is 8.39. The molecule has 1 N–H and O–H groups in total. The van der Waals surface area contributed by atoms with E-state index in [2.05, 4.69) is 5.32 Å². The number of anilines is 1. The van der Waals surface area contributed by atoms with Gasteiger partial charge in [-0.15, -0.1) is 0 Å². The number of nitrogens with zero attached hydrogens (tertiary/aromatic N) is 1. The van der Waals surface area contributed by atoms with Crippen molar-refractivity contribution in [1.82, 2.24) is 5.32 Å². The molecular formula is C23H21FN2O4S. The van der Waals surface area contributed by atoms with Crippen molar-refractivity contribution in [3.05, 3.63) is 89.7 Å². The van der Waals surface area contributed by atoms with Gasteiger partial charge in [0.1, 0.15) is 11.6 Å². The first-order chi connectivity index (χ1) is 14.8. The molecule has 0 aromatic heterocycles. The number of sulfonamides is 1. The van der Waals surface area contributed by atoms with E-state index in [9.17, 15) is 17.6 Å². The molecule has 4 rings (SSSR count). The molecule has 3 aromatic carbocycles. The zero-order valence-electron chi connectivity index (χ0n) is 16.8. The summed E-state index contributed by atoms with van der Waals surface area (Å²) in [4.78, 5) is 12.9. The van der Waals surface area contributed by atoms with Crippen LogP contribution in [0.4, 0.5) is 10.1 Å². The molecule has 0 fully saturated rings. The summed E-state index contributed by atoms with van der Waals surface area (Å²) in [5.74, 6) is -0.580. The number of carbonyl (C=O) groups excluding carboxylic acids is 1. The molecule has 0 spiro atoms. The third-order valence-electron chi connectivity index (χ3n) is 4.99. The predicted octanol–water partition coefficient (Wildman–Crippen LogP) is 3.41. The second-order valence-electron chi connectivity index (χ2n) is 7.27. The van der Waals surface area contributed by atoms with E-state index in [-0.39, 0.29) is 18.0 Å². The number of rotatable bonds is 5. The summed E-state index contributed by atoms with van der Waals surface area (Å²) in [5.41, 5.74) is 1.90. The molecule has 0 saturated carbocycles. The van der Waals surface area contributed by atoms with Gasteiger partial charge < -0.3 is 10.1 Å². The maximum absolute atomic E-state index is 13.4. The number of hydrogen-bond donors (Lipinski definition) is 1. The van der Waals surface area contributed by atoms with Crippen LogP contribution in [-0.4, -0.2) is 27.0 Å². The van der Waals surface area contributed by atoms with E-state index in [0.717, 1.165) is 5.56 Å². The first-order valence-corrected chi connectivity index (χ1v) is 11.2. The number of ether oxygens (including phenoxy) is 1. The summed E-state index contributed by atoms with van der Waals surface area (Å²) in [6.45, 7) is 1.80. The molecule has 31 heavy (non-hydrogen) atoms. The third-order valence-corrected chi connectivity index (χ3v) is 6.79. The number of carbonyl (C=O) groups is 1. The van der Waals surface area contributed by atoms with Crippen LogP contribution in [0.1, 0.15) is 11.1 Å². The Hall–Kier alpha value is -3.39. The fourth-order valence-corrected chi connectivity index (χ4v) is 4.83. The van der Waals surface area contributed by atoms with E-state index >= 15 is 0 Å². The first kappa shape index (κ1) is 20.9. The molecule has 1 unspecified atom stereocenters. The van der Waals surface area contributed by atoms with Gasteiger partial charge in [-0.3, -0.25) is 9.10 Å². The zero-order chi connectivity index (χ0) is 22.0. The van der Waals surface area contributed by atoms with Crippen LogP contribution in [0.3, 0.4) is 0 Å². The molecular weight excluding hydrogens is 419 g/mol. The fraction of sp³-hybridized carbons (Fsp3) is 0.174. The van der Waals surface area contributed by atoms with Crippen molar-refractivity contribution in [2.75, 3.05) is 10.8 Å². The minimum atomic E-state index is -3.91. The molecule has 3 aromatic rings. The minimum Gasteiger partial charge on any atom is -0.476 e. The summed E-state index contributed by atoms with van der Waals surface area (Å²) >= 11 is 0. The fourth-order valence-electron chi connectivity index (χ4n) is 3.35. The zero-order valence-corrected chi connectivity index (χ0v) is 17.6. The topological polar surface area (TPSA) is 75.7 Å². The van der Waals surface area contributed by atoms with E-state index in [1.807, 2.05) is 6.92 Å². The average molecular weight is 440 g/mol. The molecule has 1 amide bonds. The third kappa shape index (κ3) is 4.39. The van der Waals surface area contributed by atoms with Crippen LogP contribution < -0.4 is 14.4 Å². The second-order valence-corrected chi connectivity index (χ2v) is 9.13. The molecule has 1 atom stereocenters.